The zero-order valence-corrected chi connectivity index (χ0v) is 10.7. The molecule has 0 aliphatic carbocycles. The monoisotopic (exact) mass is 250 g/mol. The van der Waals surface area contributed by atoms with Crippen molar-refractivity contribution in [3.8, 4) is 0 Å². The van der Waals surface area contributed by atoms with Crippen LogP contribution in [0.4, 0.5) is 5.82 Å². The van der Waals surface area contributed by atoms with E-state index in [0.717, 1.165) is 19.4 Å². The van der Waals surface area contributed by atoms with E-state index in [0.29, 0.717) is 18.1 Å². The van der Waals surface area contributed by atoms with Crippen molar-refractivity contribution in [3.63, 3.8) is 0 Å². The van der Waals surface area contributed by atoms with Crippen molar-refractivity contribution in [3.05, 3.63) is 18.1 Å². The van der Waals surface area contributed by atoms with Crippen molar-refractivity contribution in [2.24, 2.45) is 0 Å². The van der Waals surface area contributed by atoms with E-state index >= 15 is 0 Å². The summed E-state index contributed by atoms with van der Waals surface area (Å²) in [4.78, 5) is 22.3. The van der Waals surface area contributed by atoms with Gasteiger partial charge >= 0.3 is 0 Å². The van der Waals surface area contributed by atoms with Gasteiger partial charge in [-0.2, -0.15) is 0 Å². The summed E-state index contributed by atoms with van der Waals surface area (Å²) in [7, 11) is 3.43. The van der Waals surface area contributed by atoms with Crippen molar-refractivity contribution in [2.45, 2.75) is 18.9 Å². The lowest BCUT2D eigenvalue weighted by atomic mass is 10.1. The van der Waals surface area contributed by atoms with E-state index in [2.05, 4.69) is 15.3 Å². The van der Waals surface area contributed by atoms with E-state index in [1.165, 1.54) is 6.20 Å². The lowest BCUT2D eigenvalue weighted by molar-refractivity contribution is 0.0265. The van der Waals surface area contributed by atoms with Crippen LogP contribution in [-0.4, -0.2) is 54.1 Å². The second-order valence-corrected chi connectivity index (χ2v) is 4.29. The first-order valence-corrected chi connectivity index (χ1v) is 6.06. The molecule has 1 fully saturated rings. The quantitative estimate of drug-likeness (QED) is 0.858. The van der Waals surface area contributed by atoms with Crippen LogP contribution < -0.4 is 5.32 Å². The van der Waals surface area contributed by atoms with Gasteiger partial charge in [-0.05, 0) is 12.8 Å². The molecule has 1 N–H and O–H groups in total. The minimum Gasteiger partial charge on any atom is -0.380 e. The number of aromatic nitrogens is 2. The molecule has 1 atom stereocenters. The number of ether oxygens (including phenoxy) is 1. The van der Waals surface area contributed by atoms with Crippen LogP contribution in [0.3, 0.4) is 0 Å². The average molecular weight is 250 g/mol. The zero-order chi connectivity index (χ0) is 13.0. The average Bonchev–Trinajstić information content (AvgIpc) is 2.46. The molecular formula is C12H18N4O2. The fraction of sp³-hybridized carbons (Fsp3) is 0.583. The Hall–Kier alpha value is -1.69. The Bertz CT molecular complexity index is 424. The van der Waals surface area contributed by atoms with E-state index in [1.54, 1.807) is 25.3 Å². The number of carbonyl (C=O) groups excluding carboxylic acids is 1. The zero-order valence-electron chi connectivity index (χ0n) is 10.7. The number of likely N-dealkylation sites (tertiary alicyclic amines) is 1. The van der Waals surface area contributed by atoms with E-state index in [-0.39, 0.29) is 12.0 Å². The largest absolute Gasteiger partial charge is 0.380 e. The lowest BCUT2D eigenvalue weighted by Crippen LogP contribution is -2.43. The number of carbonyl (C=O) groups is 1. The molecule has 0 radical (unpaired) electrons. The Morgan fingerprint density at radius 1 is 1.56 bits per heavy atom. The van der Waals surface area contributed by atoms with Crippen LogP contribution >= 0.6 is 0 Å². The third kappa shape index (κ3) is 2.76. The summed E-state index contributed by atoms with van der Waals surface area (Å²) in [6, 6.07) is 0. The van der Waals surface area contributed by atoms with E-state index < -0.39 is 0 Å². The van der Waals surface area contributed by atoms with Gasteiger partial charge in [0.25, 0.3) is 5.91 Å². The number of nitrogens with zero attached hydrogens (tertiary/aromatic N) is 3. The summed E-state index contributed by atoms with van der Waals surface area (Å²) in [6.45, 7) is 1.38. The fourth-order valence-electron chi connectivity index (χ4n) is 2.07. The molecule has 0 aromatic carbocycles. The first kappa shape index (κ1) is 12.8. The minimum atomic E-state index is -0.0821. The van der Waals surface area contributed by atoms with E-state index in [9.17, 15) is 4.79 Å². The van der Waals surface area contributed by atoms with Gasteiger partial charge in [-0.25, -0.2) is 4.98 Å². The molecule has 1 aliphatic rings. The summed E-state index contributed by atoms with van der Waals surface area (Å²) < 4.78 is 5.31. The standard InChI is InChI=1S/C12H18N4O2/c1-13-11-7-14-6-10(15-11)12(17)16-5-3-4-9(8-16)18-2/h6-7,9H,3-5,8H2,1-2H3,(H,13,15). The molecule has 1 aliphatic heterocycles. The summed E-state index contributed by atoms with van der Waals surface area (Å²) >= 11 is 0. The van der Waals surface area contributed by atoms with Gasteiger partial charge in [0.15, 0.2) is 0 Å². The van der Waals surface area contributed by atoms with Crippen molar-refractivity contribution < 1.29 is 9.53 Å². The number of methoxy groups -OCH3 is 1. The van der Waals surface area contributed by atoms with Gasteiger partial charge in [0.05, 0.1) is 18.5 Å². The Labute approximate surface area is 106 Å². The van der Waals surface area contributed by atoms with Crippen LogP contribution in [0.2, 0.25) is 0 Å². The van der Waals surface area contributed by atoms with Crippen LogP contribution in [0.25, 0.3) is 0 Å². The Morgan fingerprint density at radius 2 is 2.39 bits per heavy atom. The first-order chi connectivity index (χ1) is 8.74. The third-order valence-corrected chi connectivity index (χ3v) is 3.11. The maximum atomic E-state index is 12.3. The van der Waals surface area contributed by atoms with Crippen LogP contribution in [0, 0.1) is 0 Å². The van der Waals surface area contributed by atoms with Gasteiger partial charge < -0.3 is 15.0 Å². The predicted molar refractivity (Wildman–Crippen MR) is 67.5 cm³/mol. The first-order valence-electron chi connectivity index (χ1n) is 6.06. The lowest BCUT2D eigenvalue weighted by Gasteiger charge is -2.31. The highest BCUT2D eigenvalue weighted by molar-refractivity contribution is 5.92. The smallest absolute Gasteiger partial charge is 0.274 e. The highest BCUT2D eigenvalue weighted by Gasteiger charge is 2.25. The molecule has 1 aromatic rings. The summed E-state index contributed by atoms with van der Waals surface area (Å²) in [5, 5.41) is 2.88. The topological polar surface area (TPSA) is 67.4 Å². The number of rotatable bonds is 3. The summed E-state index contributed by atoms with van der Waals surface area (Å²) in [5.74, 6) is 0.516. The Kier molecular flexibility index (Phi) is 4.09. The molecule has 1 unspecified atom stereocenters. The van der Waals surface area contributed by atoms with E-state index in [4.69, 9.17) is 4.74 Å². The van der Waals surface area contributed by atoms with Crippen molar-refractivity contribution in [1.29, 1.82) is 0 Å². The van der Waals surface area contributed by atoms with Crippen molar-refractivity contribution in [1.82, 2.24) is 14.9 Å². The van der Waals surface area contributed by atoms with Crippen molar-refractivity contribution >= 4 is 11.7 Å². The maximum Gasteiger partial charge on any atom is 0.274 e. The van der Waals surface area contributed by atoms with Crippen LogP contribution in [0.1, 0.15) is 23.3 Å². The number of piperidine rings is 1. The number of amides is 1. The second-order valence-electron chi connectivity index (χ2n) is 4.29. The van der Waals surface area contributed by atoms with Crippen LogP contribution in [0.5, 0.6) is 0 Å². The molecule has 0 spiro atoms. The molecule has 1 amide bonds. The molecule has 2 heterocycles. The third-order valence-electron chi connectivity index (χ3n) is 3.11. The highest BCUT2D eigenvalue weighted by Crippen LogP contribution is 2.15. The Morgan fingerprint density at radius 3 is 3.11 bits per heavy atom. The second kappa shape index (κ2) is 5.77. The molecule has 0 saturated carbocycles. The highest BCUT2D eigenvalue weighted by atomic mass is 16.5. The van der Waals surface area contributed by atoms with Gasteiger partial charge in [-0.3, -0.25) is 9.78 Å². The number of hydrogen-bond donors (Lipinski definition) is 1. The van der Waals surface area contributed by atoms with Crippen LogP contribution in [0.15, 0.2) is 12.4 Å². The summed E-state index contributed by atoms with van der Waals surface area (Å²) in [5.41, 5.74) is 0.374. The van der Waals surface area contributed by atoms with Gasteiger partial charge in [0, 0.05) is 27.2 Å². The molecule has 18 heavy (non-hydrogen) atoms. The molecule has 0 bridgehead atoms. The minimum absolute atomic E-state index is 0.0821. The molecule has 1 saturated heterocycles. The van der Waals surface area contributed by atoms with Gasteiger partial charge in [-0.1, -0.05) is 0 Å². The fourth-order valence-corrected chi connectivity index (χ4v) is 2.07. The SMILES string of the molecule is CNc1cncc(C(=O)N2CCCC(OC)C2)n1. The molecule has 6 heteroatoms. The molecular weight excluding hydrogens is 232 g/mol. The maximum absolute atomic E-state index is 12.3. The van der Waals surface area contributed by atoms with Crippen LogP contribution in [-0.2, 0) is 4.74 Å². The number of anilines is 1. The molecule has 98 valence electrons. The van der Waals surface area contributed by atoms with Crippen molar-refractivity contribution in [2.75, 3.05) is 32.6 Å². The van der Waals surface area contributed by atoms with Gasteiger partial charge in [-0.15, -0.1) is 0 Å². The molecule has 6 nitrogen and oxygen atoms in total. The predicted octanol–water partition coefficient (Wildman–Crippen LogP) is 0.769. The number of nitrogens with one attached hydrogen (secondary N) is 1. The normalized spacial score (nSPS) is 19.7. The van der Waals surface area contributed by atoms with E-state index in [1.807, 2.05) is 0 Å². The Balaban J connectivity index is 2.10. The van der Waals surface area contributed by atoms with Gasteiger partial charge in [0.2, 0.25) is 0 Å². The molecule has 1 aromatic heterocycles. The molecule has 2 rings (SSSR count). The number of hydrogen-bond acceptors (Lipinski definition) is 5. The van der Waals surface area contributed by atoms with Gasteiger partial charge in [0.1, 0.15) is 11.5 Å². The summed E-state index contributed by atoms with van der Waals surface area (Å²) in [6.07, 6.45) is 5.18.